The lowest BCUT2D eigenvalue weighted by atomic mass is 10.3. The number of benzene rings is 1. The van der Waals surface area contributed by atoms with Crippen molar-refractivity contribution in [2.75, 3.05) is 0 Å². The molecule has 0 fully saturated rings. The minimum Gasteiger partial charge on any atom is -0.166 e. The van der Waals surface area contributed by atoms with Gasteiger partial charge >= 0.3 is 0 Å². The summed E-state index contributed by atoms with van der Waals surface area (Å²) in [6.07, 6.45) is 4.11. The first-order chi connectivity index (χ1) is 6.38. The van der Waals surface area contributed by atoms with Crippen LogP contribution in [0.3, 0.4) is 0 Å². The van der Waals surface area contributed by atoms with Crippen LogP contribution in [0.1, 0.15) is 0 Å². The summed E-state index contributed by atoms with van der Waals surface area (Å²) >= 11 is 2.34. The molecule has 0 radical (unpaired) electrons. The average Bonchev–Trinajstić information content (AvgIpc) is 2.20. The van der Waals surface area contributed by atoms with Gasteiger partial charge in [-0.2, -0.15) is 4.57 Å². The van der Waals surface area contributed by atoms with Crippen molar-refractivity contribution >= 4 is 22.6 Å². The average molecular weight is 282 g/mol. The Bertz CT molecular complexity index is 398. The van der Waals surface area contributed by atoms with E-state index in [-0.39, 0.29) is 0 Å². The summed E-state index contributed by atoms with van der Waals surface area (Å²) < 4.78 is 3.37. The predicted octanol–water partition coefficient (Wildman–Crippen LogP) is 2.57. The SMILES string of the molecule is Ic1ccccc1-[n+]1ccccc1. The molecule has 2 aromatic rings. The lowest BCUT2D eigenvalue weighted by molar-refractivity contribution is -0.596. The zero-order valence-electron chi connectivity index (χ0n) is 7.02. The van der Waals surface area contributed by atoms with Crippen LogP contribution in [0.15, 0.2) is 54.9 Å². The Kier molecular flexibility index (Phi) is 2.59. The first-order valence-electron chi connectivity index (χ1n) is 4.09. The summed E-state index contributed by atoms with van der Waals surface area (Å²) in [5, 5.41) is 0. The maximum absolute atomic E-state index is 2.34. The molecule has 0 bridgehead atoms. The molecule has 1 nitrogen and oxygen atoms in total. The predicted molar refractivity (Wildman–Crippen MR) is 60.7 cm³/mol. The highest BCUT2D eigenvalue weighted by Crippen LogP contribution is 2.10. The Hall–Kier alpha value is -0.900. The van der Waals surface area contributed by atoms with Crippen molar-refractivity contribution in [1.82, 2.24) is 0 Å². The van der Waals surface area contributed by atoms with Crippen molar-refractivity contribution in [3.63, 3.8) is 0 Å². The van der Waals surface area contributed by atoms with Gasteiger partial charge in [0.1, 0.15) is 0 Å². The monoisotopic (exact) mass is 282 g/mol. The van der Waals surface area contributed by atoms with Crippen LogP contribution >= 0.6 is 22.6 Å². The minimum atomic E-state index is 1.23. The molecule has 0 saturated carbocycles. The third kappa shape index (κ3) is 1.88. The van der Waals surface area contributed by atoms with Crippen LogP contribution in [-0.2, 0) is 0 Å². The number of para-hydroxylation sites is 1. The number of halogens is 1. The normalized spacial score (nSPS) is 9.92. The van der Waals surface area contributed by atoms with Gasteiger partial charge in [0.05, 0.1) is 3.57 Å². The molecular weight excluding hydrogens is 273 g/mol. The van der Waals surface area contributed by atoms with Gasteiger partial charge in [0.2, 0.25) is 5.69 Å². The molecule has 1 aromatic carbocycles. The van der Waals surface area contributed by atoms with Crippen molar-refractivity contribution < 1.29 is 4.57 Å². The quantitative estimate of drug-likeness (QED) is 0.559. The second-order valence-electron chi connectivity index (χ2n) is 2.73. The first-order valence-corrected chi connectivity index (χ1v) is 5.17. The molecule has 0 N–H and O–H groups in total. The van der Waals surface area contributed by atoms with Crippen LogP contribution in [0, 0.1) is 3.57 Å². The maximum Gasteiger partial charge on any atom is 0.223 e. The number of hydrogen-bond donors (Lipinski definition) is 0. The highest BCUT2D eigenvalue weighted by molar-refractivity contribution is 14.1. The fraction of sp³-hybridized carbons (Fsp3) is 0. The number of pyridine rings is 1. The topological polar surface area (TPSA) is 3.88 Å². The van der Waals surface area contributed by atoms with Gasteiger partial charge in [0, 0.05) is 18.2 Å². The van der Waals surface area contributed by atoms with E-state index < -0.39 is 0 Å². The molecule has 0 aliphatic rings. The Morgan fingerprint density at radius 3 is 2.23 bits per heavy atom. The van der Waals surface area contributed by atoms with E-state index >= 15 is 0 Å². The van der Waals surface area contributed by atoms with Crippen LogP contribution in [0.4, 0.5) is 0 Å². The molecule has 13 heavy (non-hydrogen) atoms. The molecule has 0 unspecified atom stereocenters. The molecule has 2 heteroatoms. The molecule has 2 rings (SSSR count). The summed E-state index contributed by atoms with van der Waals surface area (Å²) in [5.74, 6) is 0. The van der Waals surface area contributed by atoms with Gasteiger partial charge in [-0.3, -0.25) is 0 Å². The van der Waals surface area contributed by atoms with E-state index in [0.29, 0.717) is 0 Å². The van der Waals surface area contributed by atoms with Gasteiger partial charge in [0.25, 0.3) is 0 Å². The molecule has 1 heterocycles. The molecular formula is C11H9IN+. The van der Waals surface area contributed by atoms with E-state index in [1.807, 2.05) is 18.2 Å². The Morgan fingerprint density at radius 2 is 1.54 bits per heavy atom. The Labute approximate surface area is 91.2 Å². The fourth-order valence-corrected chi connectivity index (χ4v) is 1.89. The van der Waals surface area contributed by atoms with Crippen LogP contribution in [0.2, 0.25) is 0 Å². The molecule has 0 saturated heterocycles. The second-order valence-corrected chi connectivity index (χ2v) is 3.90. The maximum atomic E-state index is 2.34. The van der Waals surface area contributed by atoms with Crippen LogP contribution < -0.4 is 4.57 Å². The minimum absolute atomic E-state index is 1.23. The van der Waals surface area contributed by atoms with E-state index in [1.54, 1.807) is 0 Å². The number of hydrogen-bond acceptors (Lipinski definition) is 0. The van der Waals surface area contributed by atoms with Crippen molar-refractivity contribution in [2.45, 2.75) is 0 Å². The lowest BCUT2D eigenvalue weighted by Crippen LogP contribution is -2.29. The standard InChI is InChI=1S/C11H9IN/c12-10-6-2-3-7-11(10)13-8-4-1-5-9-13/h1-9H/q+1. The summed E-state index contributed by atoms with van der Waals surface area (Å²) in [6.45, 7) is 0. The van der Waals surface area contributed by atoms with Gasteiger partial charge in [-0.1, -0.05) is 18.2 Å². The van der Waals surface area contributed by atoms with Crippen molar-refractivity contribution in [3.05, 3.63) is 58.4 Å². The zero-order chi connectivity index (χ0) is 9.10. The molecule has 0 aliphatic carbocycles. The van der Waals surface area contributed by atoms with Gasteiger partial charge in [-0.25, -0.2) is 0 Å². The molecule has 1 aromatic heterocycles. The Balaban J connectivity index is 2.54. The number of rotatable bonds is 1. The second kappa shape index (κ2) is 3.87. The number of aromatic nitrogens is 1. The summed E-state index contributed by atoms with van der Waals surface area (Å²) in [7, 11) is 0. The van der Waals surface area contributed by atoms with Crippen molar-refractivity contribution in [1.29, 1.82) is 0 Å². The van der Waals surface area contributed by atoms with Gasteiger partial charge in [0.15, 0.2) is 12.4 Å². The molecule has 0 atom stereocenters. The van der Waals surface area contributed by atoms with E-state index in [2.05, 4.69) is 63.8 Å². The van der Waals surface area contributed by atoms with Gasteiger partial charge in [-0.05, 0) is 28.7 Å². The molecule has 0 spiro atoms. The van der Waals surface area contributed by atoms with Gasteiger partial charge in [-0.15, -0.1) is 0 Å². The van der Waals surface area contributed by atoms with E-state index in [9.17, 15) is 0 Å². The van der Waals surface area contributed by atoms with Crippen molar-refractivity contribution in [2.24, 2.45) is 0 Å². The highest BCUT2D eigenvalue weighted by atomic mass is 127. The largest absolute Gasteiger partial charge is 0.223 e. The summed E-state index contributed by atoms with van der Waals surface area (Å²) in [5.41, 5.74) is 1.23. The van der Waals surface area contributed by atoms with E-state index in [0.717, 1.165) is 0 Å². The lowest BCUT2D eigenvalue weighted by Gasteiger charge is -1.96. The smallest absolute Gasteiger partial charge is 0.166 e. The van der Waals surface area contributed by atoms with Crippen LogP contribution in [-0.4, -0.2) is 0 Å². The number of nitrogens with zero attached hydrogens (tertiary/aromatic N) is 1. The third-order valence-electron chi connectivity index (χ3n) is 1.85. The third-order valence-corrected chi connectivity index (χ3v) is 2.76. The van der Waals surface area contributed by atoms with Crippen LogP contribution in [0.25, 0.3) is 5.69 Å². The molecule has 0 amide bonds. The zero-order valence-corrected chi connectivity index (χ0v) is 9.18. The van der Waals surface area contributed by atoms with E-state index in [1.165, 1.54) is 9.26 Å². The van der Waals surface area contributed by atoms with Gasteiger partial charge < -0.3 is 0 Å². The molecule has 64 valence electrons. The fourth-order valence-electron chi connectivity index (χ4n) is 1.22. The van der Waals surface area contributed by atoms with Crippen molar-refractivity contribution in [3.8, 4) is 5.69 Å². The van der Waals surface area contributed by atoms with Crippen LogP contribution in [0.5, 0.6) is 0 Å². The first kappa shape index (κ1) is 8.69. The van der Waals surface area contributed by atoms with E-state index in [4.69, 9.17) is 0 Å². The molecule has 0 aliphatic heterocycles. The highest BCUT2D eigenvalue weighted by Gasteiger charge is 2.06. The summed E-state index contributed by atoms with van der Waals surface area (Å²) in [4.78, 5) is 0. The Morgan fingerprint density at radius 1 is 0.846 bits per heavy atom. The summed E-state index contributed by atoms with van der Waals surface area (Å²) in [6, 6.07) is 14.4.